The summed E-state index contributed by atoms with van der Waals surface area (Å²) in [6.07, 6.45) is 0. The van der Waals surface area contributed by atoms with Gasteiger partial charge in [-0.05, 0) is 20.8 Å². The molecule has 0 saturated carbocycles. The number of ether oxygens (including phenoxy) is 1. The SMILES string of the molecule is CCOCc1nc(N)cc(N(CC)CC)n1. The molecule has 0 fully saturated rings. The van der Waals surface area contributed by atoms with E-state index in [0.29, 0.717) is 24.9 Å². The minimum absolute atomic E-state index is 0.413. The van der Waals surface area contributed by atoms with Gasteiger partial charge in [0.05, 0.1) is 0 Å². The van der Waals surface area contributed by atoms with Gasteiger partial charge in [-0.3, -0.25) is 0 Å². The standard InChI is InChI=1S/C11H20N4O/c1-4-15(5-2)11-7-9(12)13-10(14-11)8-16-6-3/h7H,4-6,8H2,1-3H3,(H2,12,13,14). The third-order valence-corrected chi connectivity index (χ3v) is 2.30. The van der Waals surface area contributed by atoms with E-state index in [2.05, 4.69) is 28.7 Å². The van der Waals surface area contributed by atoms with Gasteiger partial charge >= 0.3 is 0 Å². The quantitative estimate of drug-likeness (QED) is 0.792. The Morgan fingerprint density at radius 3 is 2.50 bits per heavy atom. The number of nitrogens with zero attached hydrogens (tertiary/aromatic N) is 3. The molecule has 0 aromatic carbocycles. The zero-order valence-electron chi connectivity index (χ0n) is 10.2. The smallest absolute Gasteiger partial charge is 0.158 e. The molecule has 1 aromatic rings. The highest BCUT2D eigenvalue weighted by Gasteiger charge is 2.07. The van der Waals surface area contributed by atoms with Gasteiger partial charge in [-0.1, -0.05) is 0 Å². The zero-order valence-corrected chi connectivity index (χ0v) is 10.2. The van der Waals surface area contributed by atoms with E-state index < -0.39 is 0 Å². The van der Waals surface area contributed by atoms with Crippen molar-refractivity contribution < 1.29 is 4.74 Å². The maximum absolute atomic E-state index is 5.75. The van der Waals surface area contributed by atoms with Gasteiger partial charge in [0.15, 0.2) is 5.82 Å². The molecule has 0 saturated heterocycles. The molecule has 0 atom stereocenters. The summed E-state index contributed by atoms with van der Waals surface area (Å²) in [5.74, 6) is 2.00. The molecule has 0 spiro atoms. The molecular weight excluding hydrogens is 204 g/mol. The summed E-state index contributed by atoms with van der Waals surface area (Å²) in [6.45, 7) is 8.99. The van der Waals surface area contributed by atoms with E-state index in [-0.39, 0.29) is 0 Å². The summed E-state index contributed by atoms with van der Waals surface area (Å²) in [4.78, 5) is 10.7. The van der Waals surface area contributed by atoms with E-state index in [9.17, 15) is 0 Å². The second-order valence-electron chi connectivity index (χ2n) is 3.38. The molecule has 16 heavy (non-hydrogen) atoms. The van der Waals surface area contributed by atoms with Crippen LogP contribution < -0.4 is 10.6 Å². The Bertz CT molecular complexity index is 326. The van der Waals surface area contributed by atoms with Gasteiger partial charge in [0.1, 0.15) is 18.2 Å². The van der Waals surface area contributed by atoms with Crippen molar-refractivity contribution in [1.29, 1.82) is 0 Å². The highest BCUT2D eigenvalue weighted by Crippen LogP contribution is 2.14. The predicted molar refractivity (Wildman–Crippen MR) is 65.3 cm³/mol. The van der Waals surface area contributed by atoms with E-state index in [1.807, 2.05) is 6.92 Å². The van der Waals surface area contributed by atoms with Crippen LogP contribution in [0.3, 0.4) is 0 Å². The largest absolute Gasteiger partial charge is 0.384 e. The molecule has 0 unspecified atom stereocenters. The topological polar surface area (TPSA) is 64.3 Å². The molecule has 1 heterocycles. The molecule has 5 nitrogen and oxygen atoms in total. The maximum atomic E-state index is 5.75. The van der Waals surface area contributed by atoms with Crippen LogP contribution in [-0.2, 0) is 11.3 Å². The average molecular weight is 224 g/mol. The molecule has 0 radical (unpaired) electrons. The first-order valence-corrected chi connectivity index (χ1v) is 5.67. The van der Waals surface area contributed by atoms with Crippen molar-refractivity contribution in [3.8, 4) is 0 Å². The average Bonchev–Trinajstić information content (AvgIpc) is 2.27. The number of hydrogen-bond donors (Lipinski definition) is 1. The predicted octanol–water partition coefficient (Wildman–Crippen LogP) is 1.44. The lowest BCUT2D eigenvalue weighted by molar-refractivity contribution is 0.128. The lowest BCUT2D eigenvalue weighted by Gasteiger charge is -2.20. The molecule has 0 aliphatic rings. The molecule has 0 amide bonds. The van der Waals surface area contributed by atoms with Crippen molar-refractivity contribution in [2.45, 2.75) is 27.4 Å². The Morgan fingerprint density at radius 2 is 1.94 bits per heavy atom. The van der Waals surface area contributed by atoms with Crippen molar-refractivity contribution in [2.75, 3.05) is 30.3 Å². The van der Waals surface area contributed by atoms with Gasteiger partial charge in [0, 0.05) is 25.8 Å². The summed E-state index contributed by atoms with van der Waals surface area (Å²) in [5.41, 5.74) is 5.75. The summed E-state index contributed by atoms with van der Waals surface area (Å²) in [6, 6.07) is 1.79. The van der Waals surface area contributed by atoms with E-state index in [1.165, 1.54) is 0 Å². The van der Waals surface area contributed by atoms with Crippen LogP contribution in [0.5, 0.6) is 0 Å². The summed E-state index contributed by atoms with van der Waals surface area (Å²) >= 11 is 0. The van der Waals surface area contributed by atoms with Crippen molar-refractivity contribution in [3.05, 3.63) is 11.9 Å². The van der Waals surface area contributed by atoms with Crippen LogP contribution >= 0.6 is 0 Å². The van der Waals surface area contributed by atoms with Crippen LogP contribution in [0.1, 0.15) is 26.6 Å². The monoisotopic (exact) mass is 224 g/mol. The Labute approximate surface area is 96.6 Å². The molecule has 1 rings (SSSR count). The van der Waals surface area contributed by atoms with Crippen LogP contribution in [-0.4, -0.2) is 29.7 Å². The molecular formula is C11H20N4O. The van der Waals surface area contributed by atoms with Crippen molar-refractivity contribution >= 4 is 11.6 Å². The van der Waals surface area contributed by atoms with Crippen LogP contribution in [0.4, 0.5) is 11.6 Å². The van der Waals surface area contributed by atoms with Gasteiger partial charge in [0.2, 0.25) is 0 Å². The van der Waals surface area contributed by atoms with E-state index >= 15 is 0 Å². The van der Waals surface area contributed by atoms with Crippen LogP contribution in [0, 0.1) is 0 Å². The third kappa shape index (κ3) is 3.34. The summed E-state index contributed by atoms with van der Waals surface area (Å²) < 4.78 is 5.28. The molecule has 0 aliphatic carbocycles. The van der Waals surface area contributed by atoms with Gasteiger partial charge in [-0.2, -0.15) is 0 Å². The number of nitrogens with two attached hydrogens (primary N) is 1. The highest BCUT2D eigenvalue weighted by atomic mass is 16.5. The Hall–Kier alpha value is -1.36. The lowest BCUT2D eigenvalue weighted by Crippen LogP contribution is -2.24. The minimum atomic E-state index is 0.413. The molecule has 5 heteroatoms. The highest BCUT2D eigenvalue weighted by molar-refractivity contribution is 5.46. The number of anilines is 2. The first-order chi connectivity index (χ1) is 7.71. The van der Waals surface area contributed by atoms with Gasteiger partial charge < -0.3 is 15.4 Å². The van der Waals surface area contributed by atoms with Gasteiger partial charge in [0.25, 0.3) is 0 Å². The first kappa shape index (κ1) is 12.7. The zero-order chi connectivity index (χ0) is 12.0. The molecule has 0 bridgehead atoms. The maximum Gasteiger partial charge on any atom is 0.158 e. The number of hydrogen-bond acceptors (Lipinski definition) is 5. The fourth-order valence-electron chi connectivity index (χ4n) is 1.47. The Morgan fingerprint density at radius 1 is 1.25 bits per heavy atom. The first-order valence-electron chi connectivity index (χ1n) is 5.67. The number of nitrogen functional groups attached to an aromatic ring is 1. The van der Waals surface area contributed by atoms with Crippen molar-refractivity contribution in [2.24, 2.45) is 0 Å². The third-order valence-electron chi connectivity index (χ3n) is 2.30. The minimum Gasteiger partial charge on any atom is -0.384 e. The Kier molecular flexibility index (Phi) is 4.98. The fraction of sp³-hybridized carbons (Fsp3) is 0.636. The number of rotatable bonds is 6. The second kappa shape index (κ2) is 6.27. The van der Waals surface area contributed by atoms with Crippen LogP contribution in [0.2, 0.25) is 0 Å². The van der Waals surface area contributed by atoms with Gasteiger partial charge in [-0.25, -0.2) is 9.97 Å². The molecule has 2 N–H and O–H groups in total. The molecule has 1 aromatic heterocycles. The number of aromatic nitrogens is 2. The van der Waals surface area contributed by atoms with Crippen molar-refractivity contribution in [3.63, 3.8) is 0 Å². The van der Waals surface area contributed by atoms with Gasteiger partial charge in [-0.15, -0.1) is 0 Å². The second-order valence-corrected chi connectivity index (χ2v) is 3.38. The van der Waals surface area contributed by atoms with E-state index in [0.717, 1.165) is 18.9 Å². The summed E-state index contributed by atoms with van der Waals surface area (Å²) in [5, 5.41) is 0. The summed E-state index contributed by atoms with van der Waals surface area (Å²) in [7, 11) is 0. The van der Waals surface area contributed by atoms with Crippen LogP contribution in [0.15, 0.2) is 6.07 Å². The molecule has 90 valence electrons. The molecule has 0 aliphatic heterocycles. The van der Waals surface area contributed by atoms with Crippen molar-refractivity contribution in [1.82, 2.24) is 9.97 Å². The lowest BCUT2D eigenvalue weighted by atomic mass is 10.4. The Balaban J connectivity index is 2.88. The van der Waals surface area contributed by atoms with E-state index in [1.54, 1.807) is 6.07 Å². The van der Waals surface area contributed by atoms with E-state index in [4.69, 9.17) is 10.5 Å². The fourth-order valence-corrected chi connectivity index (χ4v) is 1.47. The van der Waals surface area contributed by atoms with Crippen LogP contribution in [0.25, 0.3) is 0 Å². The normalized spacial score (nSPS) is 10.4.